The number of aromatic nitrogens is 1. The lowest BCUT2D eigenvalue weighted by Gasteiger charge is -2.34. The van der Waals surface area contributed by atoms with Crippen molar-refractivity contribution in [1.82, 2.24) is 25.4 Å². The summed E-state index contributed by atoms with van der Waals surface area (Å²) in [6.45, 7) is 20.4. The Morgan fingerprint density at radius 1 is 1.16 bits per heavy atom. The van der Waals surface area contributed by atoms with Gasteiger partial charge in [-0.15, -0.1) is 0 Å². The molecule has 0 spiro atoms. The van der Waals surface area contributed by atoms with Crippen molar-refractivity contribution in [1.29, 1.82) is 0 Å². The molecule has 0 radical (unpaired) electrons. The number of piperazine rings is 1. The van der Waals surface area contributed by atoms with Gasteiger partial charge in [0.2, 0.25) is 0 Å². The molecular weight excluding hydrogens is 402 g/mol. The van der Waals surface area contributed by atoms with Crippen LogP contribution >= 0.6 is 0 Å². The van der Waals surface area contributed by atoms with Gasteiger partial charge in [0.1, 0.15) is 5.82 Å². The van der Waals surface area contributed by atoms with E-state index in [1.807, 2.05) is 6.20 Å². The standard InChI is InChI=1S/C24H43N7O/c1-5-25-24(28-17-22-19-30(13-14-32-22)18-20(3)4)27-16-21-7-8-26-23(15-21)31-11-9-29(6-2)10-12-31/h7-8,15,20,22H,5-6,9-14,16-19H2,1-4H3,(H2,25,27,28). The maximum Gasteiger partial charge on any atom is 0.191 e. The van der Waals surface area contributed by atoms with Crippen LogP contribution < -0.4 is 15.5 Å². The van der Waals surface area contributed by atoms with Gasteiger partial charge in [0.25, 0.3) is 0 Å². The van der Waals surface area contributed by atoms with Crippen molar-refractivity contribution >= 4 is 11.8 Å². The highest BCUT2D eigenvalue weighted by Crippen LogP contribution is 2.16. The zero-order chi connectivity index (χ0) is 22.8. The van der Waals surface area contributed by atoms with E-state index in [9.17, 15) is 0 Å². The predicted octanol–water partition coefficient (Wildman–Crippen LogP) is 1.64. The Hall–Kier alpha value is -1.90. The van der Waals surface area contributed by atoms with Crippen LogP contribution in [0.25, 0.3) is 0 Å². The summed E-state index contributed by atoms with van der Waals surface area (Å²) >= 11 is 0. The zero-order valence-corrected chi connectivity index (χ0v) is 20.5. The molecule has 0 bridgehead atoms. The van der Waals surface area contributed by atoms with E-state index in [2.05, 4.69) is 70.1 Å². The first-order valence-corrected chi connectivity index (χ1v) is 12.4. The quantitative estimate of drug-likeness (QED) is 0.442. The fraction of sp³-hybridized carbons (Fsp3) is 0.750. The largest absolute Gasteiger partial charge is 0.374 e. The molecule has 1 atom stereocenters. The lowest BCUT2D eigenvalue weighted by molar-refractivity contribution is -0.0284. The summed E-state index contributed by atoms with van der Waals surface area (Å²) in [4.78, 5) is 16.8. The molecule has 0 amide bonds. The summed E-state index contributed by atoms with van der Waals surface area (Å²) in [5.74, 6) is 2.58. The normalized spacial score (nSPS) is 21.2. The SMILES string of the molecule is CCNC(=NCc1ccnc(N2CCN(CC)CC2)c1)NCC1CN(CC(C)C)CCO1. The first-order chi connectivity index (χ1) is 15.6. The second-order valence-corrected chi connectivity index (χ2v) is 9.17. The van der Waals surface area contributed by atoms with Crippen LogP contribution in [0.5, 0.6) is 0 Å². The van der Waals surface area contributed by atoms with Crippen molar-refractivity contribution in [3.05, 3.63) is 23.9 Å². The van der Waals surface area contributed by atoms with Gasteiger partial charge in [0.15, 0.2) is 5.96 Å². The van der Waals surface area contributed by atoms with E-state index < -0.39 is 0 Å². The van der Waals surface area contributed by atoms with E-state index >= 15 is 0 Å². The Bertz CT molecular complexity index is 703. The van der Waals surface area contributed by atoms with Gasteiger partial charge in [0, 0.05) is 65.1 Å². The highest BCUT2D eigenvalue weighted by Gasteiger charge is 2.21. The molecule has 0 aromatic carbocycles. The maximum atomic E-state index is 5.98. The molecular formula is C24H43N7O. The number of ether oxygens (including phenoxy) is 1. The van der Waals surface area contributed by atoms with Gasteiger partial charge in [-0.05, 0) is 37.1 Å². The second-order valence-electron chi connectivity index (χ2n) is 9.17. The monoisotopic (exact) mass is 445 g/mol. The zero-order valence-electron chi connectivity index (χ0n) is 20.5. The molecule has 180 valence electrons. The van der Waals surface area contributed by atoms with Gasteiger partial charge >= 0.3 is 0 Å². The van der Waals surface area contributed by atoms with Crippen molar-refractivity contribution in [2.45, 2.75) is 40.3 Å². The maximum absolute atomic E-state index is 5.98. The van der Waals surface area contributed by atoms with Crippen molar-refractivity contribution < 1.29 is 4.74 Å². The van der Waals surface area contributed by atoms with E-state index in [1.54, 1.807) is 0 Å². The van der Waals surface area contributed by atoms with E-state index in [1.165, 1.54) is 5.56 Å². The van der Waals surface area contributed by atoms with Crippen LogP contribution in [-0.4, -0.2) is 98.9 Å². The van der Waals surface area contributed by atoms with Gasteiger partial charge in [-0.1, -0.05) is 20.8 Å². The van der Waals surface area contributed by atoms with Crippen LogP contribution in [0.3, 0.4) is 0 Å². The molecule has 0 saturated carbocycles. The summed E-state index contributed by atoms with van der Waals surface area (Å²) in [5.41, 5.74) is 1.18. The van der Waals surface area contributed by atoms with E-state index in [0.717, 1.165) is 83.8 Å². The van der Waals surface area contributed by atoms with E-state index in [-0.39, 0.29) is 6.10 Å². The van der Waals surface area contributed by atoms with Gasteiger partial charge < -0.3 is 25.2 Å². The van der Waals surface area contributed by atoms with Crippen LogP contribution in [0.2, 0.25) is 0 Å². The predicted molar refractivity (Wildman–Crippen MR) is 132 cm³/mol. The summed E-state index contributed by atoms with van der Waals surface area (Å²) in [5, 5.41) is 6.84. The van der Waals surface area contributed by atoms with Crippen molar-refractivity contribution in [3.8, 4) is 0 Å². The molecule has 32 heavy (non-hydrogen) atoms. The molecule has 2 fully saturated rings. The Morgan fingerprint density at radius 3 is 2.69 bits per heavy atom. The minimum atomic E-state index is 0.195. The molecule has 1 unspecified atom stereocenters. The van der Waals surface area contributed by atoms with Gasteiger partial charge in [-0.25, -0.2) is 9.98 Å². The smallest absolute Gasteiger partial charge is 0.191 e. The highest BCUT2D eigenvalue weighted by atomic mass is 16.5. The third-order valence-corrected chi connectivity index (χ3v) is 6.06. The number of nitrogens with zero attached hydrogens (tertiary/aromatic N) is 5. The summed E-state index contributed by atoms with van der Waals surface area (Å²) in [7, 11) is 0. The number of likely N-dealkylation sites (N-methyl/N-ethyl adjacent to an activating group) is 1. The molecule has 2 aliphatic rings. The number of morpholine rings is 1. The number of pyridine rings is 1. The van der Waals surface area contributed by atoms with Crippen LogP contribution in [0.4, 0.5) is 5.82 Å². The fourth-order valence-corrected chi connectivity index (χ4v) is 4.33. The first kappa shape index (κ1) is 24.7. The molecule has 8 heteroatoms. The lowest BCUT2D eigenvalue weighted by Crippen LogP contribution is -2.50. The van der Waals surface area contributed by atoms with Gasteiger partial charge in [0.05, 0.1) is 19.3 Å². The van der Waals surface area contributed by atoms with Crippen LogP contribution in [-0.2, 0) is 11.3 Å². The topological polar surface area (TPSA) is 68.3 Å². The number of rotatable bonds is 9. The number of hydrogen-bond acceptors (Lipinski definition) is 6. The van der Waals surface area contributed by atoms with Crippen molar-refractivity contribution in [2.75, 3.05) is 77.0 Å². The molecule has 1 aromatic heterocycles. The fourth-order valence-electron chi connectivity index (χ4n) is 4.33. The molecule has 8 nitrogen and oxygen atoms in total. The summed E-state index contributed by atoms with van der Waals surface area (Å²) < 4.78 is 5.98. The molecule has 0 aliphatic carbocycles. The molecule has 2 saturated heterocycles. The van der Waals surface area contributed by atoms with Gasteiger partial charge in [-0.3, -0.25) is 4.90 Å². The second kappa shape index (κ2) is 13.0. The number of nitrogens with one attached hydrogen (secondary N) is 2. The average Bonchev–Trinajstić information content (AvgIpc) is 2.81. The van der Waals surface area contributed by atoms with E-state index in [4.69, 9.17) is 9.73 Å². The molecule has 2 aliphatic heterocycles. The molecule has 1 aromatic rings. The van der Waals surface area contributed by atoms with E-state index in [0.29, 0.717) is 12.5 Å². The first-order valence-electron chi connectivity index (χ1n) is 12.4. The number of aliphatic imine (C=N–C) groups is 1. The lowest BCUT2D eigenvalue weighted by atomic mass is 10.2. The van der Waals surface area contributed by atoms with Crippen molar-refractivity contribution in [3.63, 3.8) is 0 Å². The summed E-state index contributed by atoms with van der Waals surface area (Å²) in [6, 6.07) is 4.25. The average molecular weight is 446 g/mol. The Kier molecular flexibility index (Phi) is 10.0. The molecule has 3 rings (SSSR count). The van der Waals surface area contributed by atoms with Crippen LogP contribution in [0.1, 0.15) is 33.3 Å². The minimum absolute atomic E-state index is 0.195. The number of hydrogen-bond donors (Lipinski definition) is 2. The Labute approximate surface area is 194 Å². The Morgan fingerprint density at radius 2 is 1.97 bits per heavy atom. The number of anilines is 1. The van der Waals surface area contributed by atoms with Gasteiger partial charge in [-0.2, -0.15) is 0 Å². The molecule has 3 heterocycles. The van der Waals surface area contributed by atoms with Crippen LogP contribution in [0, 0.1) is 5.92 Å². The van der Waals surface area contributed by atoms with Crippen LogP contribution in [0.15, 0.2) is 23.3 Å². The third-order valence-electron chi connectivity index (χ3n) is 6.06. The Balaban J connectivity index is 1.52. The molecule has 2 N–H and O–H groups in total. The number of guanidine groups is 1. The van der Waals surface area contributed by atoms with Crippen molar-refractivity contribution in [2.24, 2.45) is 10.9 Å². The highest BCUT2D eigenvalue weighted by molar-refractivity contribution is 5.79. The minimum Gasteiger partial charge on any atom is -0.374 e. The third kappa shape index (κ3) is 7.90. The summed E-state index contributed by atoms with van der Waals surface area (Å²) in [6.07, 6.45) is 2.10.